The fourth-order valence-corrected chi connectivity index (χ4v) is 2.58. The normalized spacial score (nSPS) is 11.1. The molecule has 0 N–H and O–H groups in total. The van der Waals surface area contributed by atoms with E-state index in [9.17, 15) is 9.59 Å². The number of thiazole rings is 1. The molecule has 1 aromatic carbocycles. The van der Waals surface area contributed by atoms with Crippen LogP contribution >= 0.6 is 11.3 Å². The minimum absolute atomic E-state index is 0.115. The van der Waals surface area contributed by atoms with Crippen molar-refractivity contribution in [1.29, 1.82) is 0 Å². The monoisotopic (exact) mass is 332 g/mol. The van der Waals surface area contributed by atoms with Crippen LogP contribution in [-0.2, 0) is 11.3 Å². The Bertz CT molecular complexity index is 673. The van der Waals surface area contributed by atoms with Crippen molar-refractivity contribution in [1.82, 2.24) is 9.88 Å². The van der Waals surface area contributed by atoms with Gasteiger partial charge in [-0.2, -0.15) is 0 Å². The SMILES string of the molecule is CN(Cc1nccs1)C(=O)c1ccc(C(=O)OC(C)(C)C)cc1. The summed E-state index contributed by atoms with van der Waals surface area (Å²) in [5, 5.41) is 2.76. The first-order valence-corrected chi connectivity index (χ1v) is 8.11. The van der Waals surface area contributed by atoms with E-state index in [4.69, 9.17) is 4.74 Å². The van der Waals surface area contributed by atoms with Gasteiger partial charge in [-0.15, -0.1) is 11.3 Å². The number of rotatable bonds is 4. The summed E-state index contributed by atoms with van der Waals surface area (Å²) in [7, 11) is 1.73. The third-order valence-corrected chi connectivity index (χ3v) is 3.73. The second-order valence-corrected chi connectivity index (χ2v) is 7.15. The Morgan fingerprint density at radius 2 is 1.78 bits per heavy atom. The van der Waals surface area contributed by atoms with Gasteiger partial charge in [0.25, 0.3) is 5.91 Å². The van der Waals surface area contributed by atoms with Crippen LogP contribution in [0.25, 0.3) is 0 Å². The lowest BCUT2D eigenvalue weighted by molar-refractivity contribution is 0.00693. The van der Waals surface area contributed by atoms with Crippen LogP contribution in [0.2, 0.25) is 0 Å². The highest BCUT2D eigenvalue weighted by atomic mass is 32.1. The maximum absolute atomic E-state index is 12.4. The summed E-state index contributed by atoms with van der Waals surface area (Å²) in [5.74, 6) is -0.511. The Labute approximate surface area is 139 Å². The molecule has 0 aliphatic rings. The average molecular weight is 332 g/mol. The molecule has 2 aromatic rings. The van der Waals surface area contributed by atoms with Gasteiger partial charge >= 0.3 is 5.97 Å². The first kappa shape index (κ1) is 17.1. The highest BCUT2D eigenvalue weighted by Crippen LogP contribution is 2.14. The van der Waals surface area contributed by atoms with E-state index >= 15 is 0 Å². The Morgan fingerprint density at radius 1 is 1.17 bits per heavy atom. The van der Waals surface area contributed by atoms with Crippen LogP contribution in [0.15, 0.2) is 35.8 Å². The Balaban J connectivity index is 2.03. The standard InChI is InChI=1S/C17H20N2O3S/c1-17(2,3)22-16(21)13-7-5-12(6-8-13)15(20)19(4)11-14-18-9-10-23-14/h5-10H,11H2,1-4H3. The molecule has 0 saturated heterocycles. The molecule has 0 spiro atoms. The highest BCUT2D eigenvalue weighted by Gasteiger charge is 2.19. The molecule has 0 aliphatic carbocycles. The molecule has 5 nitrogen and oxygen atoms in total. The van der Waals surface area contributed by atoms with Gasteiger partial charge in [0, 0.05) is 24.2 Å². The zero-order chi connectivity index (χ0) is 17.0. The number of esters is 1. The molecule has 0 atom stereocenters. The number of hydrogen-bond donors (Lipinski definition) is 0. The van der Waals surface area contributed by atoms with E-state index in [0.717, 1.165) is 5.01 Å². The smallest absolute Gasteiger partial charge is 0.338 e. The molecular weight excluding hydrogens is 312 g/mol. The third-order valence-electron chi connectivity index (χ3n) is 2.97. The van der Waals surface area contributed by atoms with E-state index in [1.54, 1.807) is 42.4 Å². The van der Waals surface area contributed by atoms with Gasteiger partial charge in [-0.05, 0) is 45.0 Å². The average Bonchev–Trinajstić information content (AvgIpc) is 2.97. The molecule has 1 amide bonds. The van der Waals surface area contributed by atoms with Crippen molar-refractivity contribution >= 4 is 23.2 Å². The molecule has 1 aromatic heterocycles. The van der Waals surface area contributed by atoms with Crippen molar-refractivity contribution in [3.63, 3.8) is 0 Å². The summed E-state index contributed by atoms with van der Waals surface area (Å²) in [6, 6.07) is 6.50. The minimum atomic E-state index is -0.542. The summed E-state index contributed by atoms with van der Waals surface area (Å²) in [6.45, 7) is 5.91. The maximum Gasteiger partial charge on any atom is 0.338 e. The molecule has 0 saturated carbocycles. The first-order valence-electron chi connectivity index (χ1n) is 7.23. The van der Waals surface area contributed by atoms with Crippen LogP contribution < -0.4 is 0 Å². The topological polar surface area (TPSA) is 59.5 Å². The van der Waals surface area contributed by atoms with Crippen molar-refractivity contribution in [3.8, 4) is 0 Å². The van der Waals surface area contributed by atoms with Crippen LogP contribution in [0.5, 0.6) is 0 Å². The number of benzene rings is 1. The summed E-state index contributed by atoms with van der Waals surface area (Å²) >= 11 is 1.51. The van der Waals surface area contributed by atoms with Crippen molar-refractivity contribution < 1.29 is 14.3 Å². The van der Waals surface area contributed by atoms with E-state index in [1.165, 1.54) is 11.3 Å². The molecule has 0 radical (unpaired) electrons. The molecule has 6 heteroatoms. The Kier molecular flexibility index (Phi) is 5.15. The van der Waals surface area contributed by atoms with E-state index in [0.29, 0.717) is 17.7 Å². The predicted molar refractivity (Wildman–Crippen MR) is 89.5 cm³/mol. The molecule has 0 bridgehead atoms. The van der Waals surface area contributed by atoms with Crippen LogP contribution in [-0.4, -0.2) is 34.4 Å². The largest absolute Gasteiger partial charge is 0.456 e. The summed E-state index contributed by atoms with van der Waals surface area (Å²) in [5.41, 5.74) is 0.412. The van der Waals surface area contributed by atoms with Gasteiger partial charge in [-0.3, -0.25) is 4.79 Å². The first-order chi connectivity index (χ1) is 10.8. The Morgan fingerprint density at radius 3 is 2.30 bits per heavy atom. The van der Waals surface area contributed by atoms with Crippen LogP contribution in [0, 0.1) is 0 Å². The quantitative estimate of drug-likeness (QED) is 0.806. The lowest BCUT2D eigenvalue weighted by atomic mass is 10.1. The number of nitrogens with zero attached hydrogens (tertiary/aromatic N) is 2. The van der Waals surface area contributed by atoms with Gasteiger partial charge < -0.3 is 9.64 Å². The zero-order valence-corrected chi connectivity index (χ0v) is 14.5. The second-order valence-electron chi connectivity index (χ2n) is 6.17. The zero-order valence-electron chi connectivity index (χ0n) is 13.7. The van der Waals surface area contributed by atoms with Gasteiger partial charge in [0.1, 0.15) is 10.6 Å². The molecule has 0 unspecified atom stereocenters. The second kappa shape index (κ2) is 6.91. The number of aromatic nitrogens is 1. The van der Waals surface area contributed by atoms with Crippen LogP contribution in [0.4, 0.5) is 0 Å². The van der Waals surface area contributed by atoms with Crippen molar-refractivity contribution in [2.45, 2.75) is 32.9 Å². The number of amides is 1. The van der Waals surface area contributed by atoms with Gasteiger partial charge in [-0.25, -0.2) is 9.78 Å². The molecule has 1 heterocycles. The highest BCUT2D eigenvalue weighted by molar-refractivity contribution is 7.09. The number of carbonyl (C=O) groups excluding carboxylic acids is 2. The fourth-order valence-electron chi connectivity index (χ4n) is 1.91. The van der Waals surface area contributed by atoms with Crippen molar-refractivity contribution in [2.24, 2.45) is 0 Å². The van der Waals surface area contributed by atoms with Gasteiger partial charge in [-0.1, -0.05) is 0 Å². The van der Waals surface area contributed by atoms with Crippen LogP contribution in [0.1, 0.15) is 46.5 Å². The van der Waals surface area contributed by atoms with Crippen molar-refractivity contribution in [3.05, 3.63) is 52.0 Å². The molecule has 0 aliphatic heterocycles. The number of ether oxygens (including phenoxy) is 1. The van der Waals surface area contributed by atoms with E-state index in [1.807, 2.05) is 26.2 Å². The third kappa shape index (κ3) is 4.89. The lowest BCUT2D eigenvalue weighted by Gasteiger charge is -2.19. The Hall–Kier alpha value is -2.21. The van der Waals surface area contributed by atoms with Gasteiger partial charge in [0.05, 0.1) is 12.1 Å². The van der Waals surface area contributed by atoms with Gasteiger partial charge in [0.2, 0.25) is 0 Å². The van der Waals surface area contributed by atoms with E-state index < -0.39 is 11.6 Å². The van der Waals surface area contributed by atoms with Gasteiger partial charge in [0.15, 0.2) is 0 Å². The summed E-state index contributed by atoms with van der Waals surface area (Å²) in [6.07, 6.45) is 1.72. The number of hydrogen-bond acceptors (Lipinski definition) is 5. The predicted octanol–water partition coefficient (Wildman–Crippen LogP) is 3.37. The van der Waals surface area contributed by atoms with Crippen molar-refractivity contribution in [2.75, 3.05) is 7.05 Å². The van der Waals surface area contributed by atoms with E-state index in [2.05, 4.69) is 4.98 Å². The summed E-state index contributed by atoms with van der Waals surface area (Å²) < 4.78 is 5.30. The van der Waals surface area contributed by atoms with E-state index in [-0.39, 0.29) is 5.91 Å². The molecule has 122 valence electrons. The fraction of sp³-hybridized carbons (Fsp3) is 0.353. The molecular formula is C17H20N2O3S. The lowest BCUT2D eigenvalue weighted by Crippen LogP contribution is -2.26. The minimum Gasteiger partial charge on any atom is -0.456 e. The molecule has 23 heavy (non-hydrogen) atoms. The summed E-state index contributed by atoms with van der Waals surface area (Å²) in [4.78, 5) is 30.1. The maximum atomic E-state index is 12.4. The van der Waals surface area contributed by atoms with Crippen LogP contribution in [0.3, 0.4) is 0 Å². The molecule has 0 fully saturated rings. The number of carbonyl (C=O) groups is 2. The molecule has 2 rings (SSSR count).